The van der Waals surface area contributed by atoms with Gasteiger partial charge in [0.05, 0.1) is 12.2 Å². The Hall–Kier alpha value is -1.45. The van der Waals surface area contributed by atoms with Gasteiger partial charge in [-0.15, -0.1) is 11.3 Å². The van der Waals surface area contributed by atoms with Crippen LogP contribution in [0.4, 0.5) is 0 Å². The van der Waals surface area contributed by atoms with Crippen LogP contribution >= 0.6 is 11.3 Å². The second-order valence-corrected chi connectivity index (χ2v) is 8.92. The predicted molar refractivity (Wildman–Crippen MR) is 110 cm³/mol. The maximum Gasteiger partial charge on any atom is 0.123 e. The first-order chi connectivity index (χ1) is 12.7. The Morgan fingerprint density at radius 3 is 3.04 bits per heavy atom. The van der Waals surface area contributed by atoms with Gasteiger partial charge in [-0.3, -0.25) is 0 Å². The minimum Gasteiger partial charge on any atom is -0.371 e. The molecule has 3 heteroatoms. The van der Waals surface area contributed by atoms with Crippen LogP contribution in [0.1, 0.15) is 68.7 Å². The Labute approximate surface area is 161 Å². The molecule has 1 aromatic heterocycles. The monoisotopic (exact) mass is 367 g/mol. The van der Waals surface area contributed by atoms with Crippen molar-refractivity contribution in [3.8, 4) is 0 Å². The number of hydrogen-bond acceptors (Lipinski definition) is 3. The zero-order valence-electron chi connectivity index (χ0n) is 16.1. The summed E-state index contributed by atoms with van der Waals surface area (Å²) in [5.41, 5.74) is 4.32. The molecule has 4 rings (SSSR count). The van der Waals surface area contributed by atoms with E-state index in [-0.39, 0.29) is 12.2 Å². The second-order valence-electron chi connectivity index (χ2n) is 7.86. The fourth-order valence-corrected chi connectivity index (χ4v) is 5.57. The summed E-state index contributed by atoms with van der Waals surface area (Å²) in [6.07, 6.45) is 20.2. The van der Waals surface area contributed by atoms with Gasteiger partial charge in [-0.1, -0.05) is 42.9 Å². The molecule has 0 aromatic carbocycles. The van der Waals surface area contributed by atoms with Gasteiger partial charge in [0.1, 0.15) is 5.01 Å². The number of hydrogen-bond donors (Lipinski definition) is 0. The first-order valence-corrected chi connectivity index (χ1v) is 10.9. The molecule has 0 saturated heterocycles. The maximum absolute atomic E-state index is 6.08. The van der Waals surface area contributed by atoms with Gasteiger partial charge < -0.3 is 4.74 Å². The number of fused-ring (bicyclic) bond motifs is 1. The van der Waals surface area contributed by atoms with Crippen molar-refractivity contribution in [2.24, 2.45) is 5.92 Å². The van der Waals surface area contributed by atoms with Gasteiger partial charge in [0.15, 0.2) is 0 Å². The third kappa shape index (κ3) is 3.52. The highest BCUT2D eigenvalue weighted by molar-refractivity contribution is 7.12. The van der Waals surface area contributed by atoms with Crippen LogP contribution in [0.25, 0.3) is 5.57 Å². The molecule has 0 amide bonds. The third-order valence-corrected chi connectivity index (χ3v) is 6.92. The predicted octanol–water partition coefficient (Wildman–Crippen LogP) is 6.44. The number of rotatable bonds is 5. The van der Waals surface area contributed by atoms with Gasteiger partial charge in [-0.2, -0.15) is 0 Å². The number of ether oxygens (including phenoxy) is 1. The van der Waals surface area contributed by atoms with Crippen molar-refractivity contribution < 1.29 is 4.74 Å². The average molecular weight is 368 g/mol. The molecule has 1 fully saturated rings. The van der Waals surface area contributed by atoms with E-state index in [9.17, 15) is 0 Å². The largest absolute Gasteiger partial charge is 0.371 e. The van der Waals surface area contributed by atoms with Gasteiger partial charge in [-0.05, 0) is 57.4 Å². The third-order valence-electron chi connectivity index (χ3n) is 5.77. The van der Waals surface area contributed by atoms with Gasteiger partial charge in [0.2, 0.25) is 0 Å². The Morgan fingerprint density at radius 2 is 2.23 bits per heavy atom. The SMILES string of the molecule is CCC1=CC(c2ncc(C3C=CC=C4CCCC43)s2)=CCC1OC(C)C. The summed E-state index contributed by atoms with van der Waals surface area (Å²) in [7, 11) is 0. The van der Waals surface area contributed by atoms with Crippen LogP contribution in [0.15, 0.2) is 47.7 Å². The van der Waals surface area contributed by atoms with Crippen molar-refractivity contribution in [1.29, 1.82) is 0 Å². The summed E-state index contributed by atoms with van der Waals surface area (Å²) in [5, 5.41) is 1.16. The number of nitrogens with zero attached hydrogens (tertiary/aromatic N) is 1. The lowest BCUT2D eigenvalue weighted by molar-refractivity contribution is 0.0289. The van der Waals surface area contributed by atoms with Crippen molar-refractivity contribution in [2.45, 2.75) is 71.0 Å². The smallest absolute Gasteiger partial charge is 0.123 e. The molecule has 2 nitrogen and oxygen atoms in total. The number of thiazole rings is 1. The molecular weight excluding hydrogens is 338 g/mol. The van der Waals surface area contributed by atoms with E-state index >= 15 is 0 Å². The van der Waals surface area contributed by atoms with Crippen molar-refractivity contribution in [3.63, 3.8) is 0 Å². The first-order valence-electron chi connectivity index (χ1n) is 10.0. The molecule has 3 unspecified atom stereocenters. The van der Waals surface area contributed by atoms with E-state index < -0.39 is 0 Å². The summed E-state index contributed by atoms with van der Waals surface area (Å²) in [6, 6.07) is 0. The molecule has 0 bridgehead atoms. The molecule has 0 radical (unpaired) electrons. The summed E-state index contributed by atoms with van der Waals surface area (Å²) >= 11 is 1.88. The van der Waals surface area contributed by atoms with E-state index in [1.807, 2.05) is 11.3 Å². The van der Waals surface area contributed by atoms with Gasteiger partial charge in [0.25, 0.3) is 0 Å². The normalized spacial score (nSPS) is 28.0. The minimum atomic E-state index is 0.232. The van der Waals surface area contributed by atoms with Gasteiger partial charge in [-0.25, -0.2) is 4.98 Å². The minimum absolute atomic E-state index is 0.232. The number of allylic oxidation sites excluding steroid dienone is 6. The maximum atomic E-state index is 6.08. The average Bonchev–Trinajstić information content (AvgIpc) is 3.30. The summed E-state index contributed by atoms with van der Waals surface area (Å²) in [4.78, 5) is 6.21. The van der Waals surface area contributed by atoms with Crippen molar-refractivity contribution >= 4 is 16.9 Å². The van der Waals surface area contributed by atoms with Crippen molar-refractivity contribution in [2.75, 3.05) is 0 Å². The second kappa shape index (κ2) is 7.66. The van der Waals surface area contributed by atoms with Crippen molar-refractivity contribution in [1.82, 2.24) is 4.98 Å². The summed E-state index contributed by atoms with van der Waals surface area (Å²) in [6.45, 7) is 6.45. The molecule has 1 heterocycles. The lowest BCUT2D eigenvalue weighted by Crippen LogP contribution is -2.21. The highest BCUT2D eigenvalue weighted by Gasteiger charge is 2.31. The molecule has 0 spiro atoms. The highest BCUT2D eigenvalue weighted by atomic mass is 32.1. The van der Waals surface area contributed by atoms with E-state index in [2.05, 4.69) is 57.3 Å². The standard InChI is InChI=1S/C23H29NOS/c1-4-16-13-18(11-12-21(16)25-15(2)3)23-24-14-22(26-23)20-10-6-8-17-7-5-9-19(17)20/h6,8,10-11,13-15,19-21H,4-5,7,9,12H2,1-3H3. The lowest BCUT2D eigenvalue weighted by atomic mass is 9.83. The Kier molecular flexibility index (Phi) is 5.28. The van der Waals surface area contributed by atoms with Crippen LogP contribution < -0.4 is 0 Å². The molecule has 1 aromatic rings. The Balaban J connectivity index is 1.53. The van der Waals surface area contributed by atoms with E-state index in [0.717, 1.165) is 17.8 Å². The Morgan fingerprint density at radius 1 is 1.35 bits per heavy atom. The molecule has 3 aliphatic carbocycles. The molecule has 0 N–H and O–H groups in total. The fourth-order valence-electron chi connectivity index (χ4n) is 4.50. The fraction of sp³-hybridized carbons (Fsp3) is 0.522. The van der Waals surface area contributed by atoms with Crippen molar-refractivity contribution in [3.05, 3.63) is 57.6 Å². The van der Waals surface area contributed by atoms with Crippen LogP contribution in [0.2, 0.25) is 0 Å². The lowest BCUT2D eigenvalue weighted by Gasteiger charge is -2.25. The molecule has 3 aliphatic rings. The van der Waals surface area contributed by atoms with Gasteiger partial charge in [0, 0.05) is 22.6 Å². The van der Waals surface area contributed by atoms with E-state index in [4.69, 9.17) is 9.72 Å². The molecule has 26 heavy (non-hydrogen) atoms. The quantitative estimate of drug-likeness (QED) is 0.597. The molecular formula is C23H29NOS. The van der Waals surface area contributed by atoms with Crippen LogP contribution in [-0.4, -0.2) is 17.2 Å². The highest BCUT2D eigenvalue weighted by Crippen LogP contribution is 2.46. The first kappa shape index (κ1) is 17.9. The molecule has 3 atom stereocenters. The zero-order valence-corrected chi connectivity index (χ0v) is 16.9. The van der Waals surface area contributed by atoms with Crippen LogP contribution in [0.3, 0.4) is 0 Å². The van der Waals surface area contributed by atoms with Crippen LogP contribution in [0.5, 0.6) is 0 Å². The van der Waals surface area contributed by atoms with E-state index in [1.165, 1.54) is 35.3 Å². The molecule has 138 valence electrons. The molecule has 1 saturated carbocycles. The van der Waals surface area contributed by atoms with Crippen LogP contribution in [-0.2, 0) is 4.74 Å². The zero-order chi connectivity index (χ0) is 18.1. The van der Waals surface area contributed by atoms with Crippen LogP contribution in [0, 0.1) is 5.92 Å². The molecule has 0 aliphatic heterocycles. The summed E-state index contributed by atoms with van der Waals surface area (Å²) < 4.78 is 6.08. The summed E-state index contributed by atoms with van der Waals surface area (Å²) in [5.74, 6) is 1.23. The topological polar surface area (TPSA) is 22.1 Å². The van der Waals surface area contributed by atoms with E-state index in [1.54, 1.807) is 5.57 Å². The van der Waals surface area contributed by atoms with Gasteiger partial charge >= 0.3 is 0 Å². The Bertz CT molecular complexity index is 780. The van der Waals surface area contributed by atoms with E-state index in [0.29, 0.717) is 11.8 Å². The number of aromatic nitrogens is 1.